The first-order chi connectivity index (χ1) is 7.29. The quantitative estimate of drug-likeness (QED) is 0.868. The van der Waals surface area contributed by atoms with Crippen molar-refractivity contribution in [1.82, 2.24) is 5.32 Å². The van der Waals surface area contributed by atoms with Crippen molar-refractivity contribution in [3.8, 4) is 0 Å². The van der Waals surface area contributed by atoms with Gasteiger partial charge >= 0.3 is 0 Å². The van der Waals surface area contributed by atoms with Crippen LogP contribution in [0, 0.1) is 0 Å². The Kier molecular flexibility index (Phi) is 4.12. The first-order valence-corrected chi connectivity index (χ1v) is 7.58. The van der Waals surface area contributed by atoms with Crippen molar-refractivity contribution in [2.45, 2.75) is 44.5 Å². The van der Waals surface area contributed by atoms with E-state index in [0.29, 0.717) is 0 Å². The Morgan fingerprint density at radius 1 is 1.40 bits per heavy atom. The maximum Gasteiger partial charge on any atom is 0.0302 e. The SMILES string of the molecule is CCc1ccc(CNC2CCSC2C)s1. The molecular formula is C12H19NS2. The van der Waals surface area contributed by atoms with E-state index < -0.39 is 0 Å². The molecule has 1 aromatic rings. The van der Waals surface area contributed by atoms with E-state index in [-0.39, 0.29) is 0 Å². The van der Waals surface area contributed by atoms with E-state index in [9.17, 15) is 0 Å². The van der Waals surface area contributed by atoms with Crippen LogP contribution in [0.2, 0.25) is 0 Å². The predicted molar refractivity (Wildman–Crippen MR) is 70.9 cm³/mol. The summed E-state index contributed by atoms with van der Waals surface area (Å²) < 4.78 is 0. The molecule has 3 heteroatoms. The largest absolute Gasteiger partial charge is 0.308 e. The maximum absolute atomic E-state index is 3.67. The average molecular weight is 241 g/mol. The second-order valence-electron chi connectivity index (χ2n) is 4.07. The molecule has 2 atom stereocenters. The van der Waals surface area contributed by atoms with Gasteiger partial charge in [0.15, 0.2) is 0 Å². The standard InChI is InChI=1S/C12H19NS2/c1-3-10-4-5-11(15-10)8-13-12-6-7-14-9(12)2/h4-5,9,12-13H,3,6-8H2,1-2H3. The molecule has 1 fully saturated rings. The summed E-state index contributed by atoms with van der Waals surface area (Å²) in [5, 5.41) is 4.46. The van der Waals surface area contributed by atoms with E-state index in [4.69, 9.17) is 0 Å². The van der Waals surface area contributed by atoms with Crippen LogP contribution in [0.3, 0.4) is 0 Å². The van der Waals surface area contributed by atoms with Gasteiger partial charge in [-0.1, -0.05) is 13.8 Å². The summed E-state index contributed by atoms with van der Waals surface area (Å²) in [4.78, 5) is 2.98. The minimum absolute atomic E-state index is 0.724. The summed E-state index contributed by atoms with van der Waals surface area (Å²) in [6.07, 6.45) is 2.50. The molecule has 84 valence electrons. The van der Waals surface area contributed by atoms with Gasteiger partial charge in [-0.3, -0.25) is 0 Å². The second-order valence-corrected chi connectivity index (χ2v) is 6.81. The lowest BCUT2D eigenvalue weighted by atomic mass is 10.2. The number of hydrogen-bond donors (Lipinski definition) is 1. The lowest BCUT2D eigenvalue weighted by Gasteiger charge is -2.15. The molecule has 1 aliphatic rings. The van der Waals surface area contributed by atoms with Gasteiger partial charge in [0.05, 0.1) is 0 Å². The lowest BCUT2D eigenvalue weighted by molar-refractivity contribution is 0.515. The zero-order chi connectivity index (χ0) is 10.7. The van der Waals surface area contributed by atoms with Crippen molar-refractivity contribution in [2.24, 2.45) is 0 Å². The molecule has 2 heterocycles. The summed E-state index contributed by atoms with van der Waals surface area (Å²) in [6.45, 7) is 5.61. The third-order valence-corrected chi connectivity index (χ3v) is 5.54. The van der Waals surface area contributed by atoms with Gasteiger partial charge in [-0.25, -0.2) is 0 Å². The molecule has 2 rings (SSSR count). The molecule has 1 nitrogen and oxygen atoms in total. The van der Waals surface area contributed by atoms with Gasteiger partial charge < -0.3 is 5.32 Å². The minimum Gasteiger partial charge on any atom is -0.308 e. The van der Waals surface area contributed by atoms with Crippen molar-refractivity contribution in [1.29, 1.82) is 0 Å². The van der Waals surface area contributed by atoms with Crippen LogP contribution in [0.25, 0.3) is 0 Å². The third kappa shape index (κ3) is 2.99. The van der Waals surface area contributed by atoms with Gasteiger partial charge in [0.2, 0.25) is 0 Å². The van der Waals surface area contributed by atoms with Gasteiger partial charge in [0.25, 0.3) is 0 Å². The number of nitrogens with one attached hydrogen (secondary N) is 1. The molecule has 2 unspecified atom stereocenters. The first-order valence-electron chi connectivity index (χ1n) is 5.72. The van der Waals surface area contributed by atoms with Gasteiger partial charge in [-0.05, 0) is 30.7 Å². The molecule has 1 aliphatic heterocycles. The van der Waals surface area contributed by atoms with Crippen LogP contribution in [0.4, 0.5) is 0 Å². The number of hydrogen-bond acceptors (Lipinski definition) is 3. The second kappa shape index (κ2) is 5.37. The van der Waals surface area contributed by atoms with Gasteiger partial charge in [0, 0.05) is 27.6 Å². The average Bonchev–Trinajstić information content (AvgIpc) is 2.84. The van der Waals surface area contributed by atoms with Crippen LogP contribution in [0.5, 0.6) is 0 Å². The molecule has 1 N–H and O–H groups in total. The van der Waals surface area contributed by atoms with Crippen LogP contribution in [0.15, 0.2) is 12.1 Å². The third-order valence-electron chi connectivity index (χ3n) is 2.98. The van der Waals surface area contributed by atoms with Gasteiger partial charge in [-0.15, -0.1) is 11.3 Å². The normalized spacial score (nSPS) is 26.0. The molecule has 0 bridgehead atoms. The fraction of sp³-hybridized carbons (Fsp3) is 0.667. The summed E-state index contributed by atoms with van der Waals surface area (Å²) >= 11 is 4.04. The van der Waals surface area contributed by atoms with E-state index in [2.05, 4.69) is 43.1 Å². The Balaban J connectivity index is 1.82. The highest BCUT2D eigenvalue weighted by Crippen LogP contribution is 2.26. The highest BCUT2D eigenvalue weighted by atomic mass is 32.2. The Hall–Kier alpha value is 0.01000. The molecule has 0 saturated carbocycles. The molecule has 0 amide bonds. The van der Waals surface area contributed by atoms with Gasteiger partial charge in [-0.2, -0.15) is 11.8 Å². The smallest absolute Gasteiger partial charge is 0.0302 e. The number of aryl methyl sites for hydroxylation is 1. The highest BCUT2D eigenvalue weighted by Gasteiger charge is 2.23. The van der Waals surface area contributed by atoms with Crippen LogP contribution in [-0.4, -0.2) is 17.0 Å². The van der Waals surface area contributed by atoms with Crippen molar-refractivity contribution < 1.29 is 0 Å². The maximum atomic E-state index is 3.67. The highest BCUT2D eigenvalue weighted by molar-refractivity contribution is 8.00. The number of rotatable bonds is 4. The topological polar surface area (TPSA) is 12.0 Å². The van der Waals surface area contributed by atoms with Crippen LogP contribution >= 0.6 is 23.1 Å². The van der Waals surface area contributed by atoms with E-state index in [1.54, 1.807) is 0 Å². The summed E-state index contributed by atoms with van der Waals surface area (Å²) in [5.41, 5.74) is 0. The Morgan fingerprint density at radius 2 is 2.20 bits per heavy atom. The molecular weight excluding hydrogens is 222 g/mol. The fourth-order valence-electron chi connectivity index (χ4n) is 1.94. The van der Waals surface area contributed by atoms with E-state index in [0.717, 1.165) is 17.8 Å². The van der Waals surface area contributed by atoms with E-state index >= 15 is 0 Å². The van der Waals surface area contributed by atoms with E-state index in [1.165, 1.54) is 28.3 Å². The zero-order valence-electron chi connectivity index (χ0n) is 9.45. The fourth-order valence-corrected chi connectivity index (χ4v) is 4.07. The number of thioether (sulfide) groups is 1. The molecule has 0 aromatic carbocycles. The van der Waals surface area contributed by atoms with Crippen molar-refractivity contribution in [3.63, 3.8) is 0 Å². The summed E-state index contributed by atoms with van der Waals surface area (Å²) in [6, 6.07) is 5.25. The Labute approximate surface area is 101 Å². The minimum atomic E-state index is 0.724. The van der Waals surface area contributed by atoms with Crippen LogP contribution < -0.4 is 5.32 Å². The molecule has 15 heavy (non-hydrogen) atoms. The van der Waals surface area contributed by atoms with Crippen LogP contribution in [-0.2, 0) is 13.0 Å². The van der Waals surface area contributed by atoms with E-state index in [1.807, 2.05) is 11.3 Å². The van der Waals surface area contributed by atoms with Gasteiger partial charge in [0.1, 0.15) is 0 Å². The molecule has 0 spiro atoms. The Bertz CT molecular complexity index is 308. The molecule has 0 aliphatic carbocycles. The van der Waals surface area contributed by atoms with Crippen molar-refractivity contribution in [3.05, 3.63) is 21.9 Å². The monoisotopic (exact) mass is 241 g/mol. The number of thiophene rings is 1. The predicted octanol–water partition coefficient (Wildman–Crippen LogP) is 3.29. The Morgan fingerprint density at radius 3 is 2.80 bits per heavy atom. The van der Waals surface area contributed by atoms with Crippen molar-refractivity contribution in [2.75, 3.05) is 5.75 Å². The molecule has 1 saturated heterocycles. The zero-order valence-corrected chi connectivity index (χ0v) is 11.1. The molecule has 0 radical (unpaired) electrons. The lowest BCUT2D eigenvalue weighted by Crippen LogP contribution is -2.32. The summed E-state index contributed by atoms with van der Waals surface area (Å²) in [7, 11) is 0. The molecule has 1 aromatic heterocycles. The summed E-state index contributed by atoms with van der Waals surface area (Å²) in [5.74, 6) is 1.32. The van der Waals surface area contributed by atoms with Crippen molar-refractivity contribution >= 4 is 23.1 Å². The van der Waals surface area contributed by atoms with Crippen LogP contribution in [0.1, 0.15) is 30.0 Å². The first kappa shape index (κ1) is 11.5.